The van der Waals surface area contributed by atoms with E-state index in [1.165, 1.54) is 11.1 Å². The van der Waals surface area contributed by atoms with E-state index in [9.17, 15) is 4.79 Å². The number of thiazole rings is 1. The Morgan fingerprint density at radius 3 is 2.66 bits per heavy atom. The molecule has 1 aromatic heterocycles. The summed E-state index contributed by atoms with van der Waals surface area (Å²) >= 11 is 1.57. The number of piperidine rings is 1. The number of carbonyl (C=O) groups excluding carboxylic acids is 1. The minimum absolute atomic E-state index is 0.0672. The van der Waals surface area contributed by atoms with Gasteiger partial charge in [-0.1, -0.05) is 36.4 Å². The summed E-state index contributed by atoms with van der Waals surface area (Å²) in [4.78, 5) is 20.0. The van der Waals surface area contributed by atoms with Gasteiger partial charge >= 0.3 is 0 Å². The average molecular weight is 451 g/mol. The molecule has 0 N–H and O–H groups in total. The van der Waals surface area contributed by atoms with Crippen LogP contribution >= 0.6 is 11.3 Å². The molecule has 0 radical (unpaired) electrons. The van der Waals surface area contributed by atoms with E-state index in [0.717, 1.165) is 61.6 Å². The second kappa shape index (κ2) is 10.6. The monoisotopic (exact) mass is 450 g/mol. The molecule has 0 spiro atoms. The van der Waals surface area contributed by atoms with Gasteiger partial charge in [-0.2, -0.15) is 0 Å². The molecule has 1 aliphatic rings. The molecule has 2 heterocycles. The predicted octanol–water partition coefficient (Wildman–Crippen LogP) is 5.38. The maximum Gasteiger partial charge on any atom is 0.273 e. The van der Waals surface area contributed by atoms with Crippen molar-refractivity contribution in [2.24, 2.45) is 0 Å². The summed E-state index contributed by atoms with van der Waals surface area (Å²) in [5.74, 6) is 1.55. The fraction of sp³-hybridized carbons (Fsp3) is 0.385. The average Bonchev–Trinajstić information content (AvgIpc) is 3.31. The van der Waals surface area contributed by atoms with Crippen LogP contribution in [0.2, 0.25) is 0 Å². The lowest BCUT2D eigenvalue weighted by atomic mass is 9.95. The quantitative estimate of drug-likeness (QED) is 0.462. The van der Waals surface area contributed by atoms with Crippen molar-refractivity contribution in [2.45, 2.75) is 44.6 Å². The highest BCUT2D eigenvalue weighted by molar-refractivity contribution is 7.09. The van der Waals surface area contributed by atoms with E-state index >= 15 is 0 Å². The van der Waals surface area contributed by atoms with Crippen molar-refractivity contribution in [3.63, 3.8) is 0 Å². The molecule has 5 nitrogen and oxygen atoms in total. The second-order valence-electron chi connectivity index (χ2n) is 8.17. The molecule has 6 heteroatoms. The second-order valence-corrected chi connectivity index (χ2v) is 9.11. The van der Waals surface area contributed by atoms with Gasteiger partial charge in [0.2, 0.25) is 0 Å². The van der Waals surface area contributed by atoms with Crippen LogP contribution in [0.15, 0.2) is 53.9 Å². The summed E-state index contributed by atoms with van der Waals surface area (Å²) in [6, 6.07) is 16.6. The van der Waals surface area contributed by atoms with Crippen molar-refractivity contribution in [3.05, 3.63) is 75.7 Å². The Morgan fingerprint density at radius 2 is 1.88 bits per heavy atom. The fourth-order valence-corrected chi connectivity index (χ4v) is 5.15. The first-order valence-electron chi connectivity index (χ1n) is 11.2. The minimum atomic E-state index is 0.0672. The molecule has 0 saturated carbocycles. The maximum atomic E-state index is 13.3. The van der Waals surface area contributed by atoms with Gasteiger partial charge < -0.3 is 14.4 Å². The van der Waals surface area contributed by atoms with E-state index in [2.05, 4.69) is 23.2 Å². The number of likely N-dealkylation sites (tertiary alicyclic amines) is 1. The Hall–Kier alpha value is -2.86. The highest BCUT2D eigenvalue weighted by Gasteiger charge is 2.28. The maximum absolute atomic E-state index is 13.3. The Bertz CT molecular complexity index is 1030. The summed E-state index contributed by atoms with van der Waals surface area (Å²) in [5, 5.41) is 2.90. The fourth-order valence-electron chi connectivity index (χ4n) is 4.35. The molecule has 32 heavy (non-hydrogen) atoms. The van der Waals surface area contributed by atoms with Crippen LogP contribution in [0, 0.1) is 0 Å². The number of hydrogen-bond acceptors (Lipinski definition) is 5. The number of rotatable bonds is 8. The van der Waals surface area contributed by atoms with Crippen molar-refractivity contribution in [3.8, 4) is 11.5 Å². The van der Waals surface area contributed by atoms with Gasteiger partial charge in [0, 0.05) is 24.4 Å². The molecule has 1 aliphatic heterocycles. The molecule has 168 valence electrons. The summed E-state index contributed by atoms with van der Waals surface area (Å²) in [6.45, 7) is 0.807. The first kappa shape index (κ1) is 22.3. The van der Waals surface area contributed by atoms with Crippen molar-refractivity contribution < 1.29 is 14.3 Å². The summed E-state index contributed by atoms with van der Waals surface area (Å²) in [5.41, 5.74) is 2.99. The highest BCUT2D eigenvalue weighted by atomic mass is 32.1. The normalized spacial score (nSPS) is 16.1. The van der Waals surface area contributed by atoms with Gasteiger partial charge in [-0.3, -0.25) is 4.79 Å². The molecule has 1 saturated heterocycles. The van der Waals surface area contributed by atoms with Crippen LogP contribution in [0.3, 0.4) is 0 Å². The lowest BCUT2D eigenvalue weighted by molar-refractivity contribution is 0.0596. The first-order valence-corrected chi connectivity index (χ1v) is 12.1. The number of ether oxygens (including phenoxy) is 2. The Kier molecular flexibility index (Phi) is 7.43. The first-order chi connectivity index (χ1) is 15.7. The van der Waals surface area contributed by atoms with Crippen molar-refractivity contribution in [1.29, 1.82) is 0 Å². The summed E-state index contributed by atoms with van der Waals surface area (Å²) in [6.07, 6.45) is 5.85. The molecule has 4 rings (SSSR count). The SMILES string of the molecule is COc1ccc(CCC2CCCCN2C(=O)c2csc(Cc3ccccc3)n2)cc1OC. The molecule has 1 unspecified atom stereocenters. The van der Waals surface area contributed by atoms with Gasteiger partial charge in [0.05, 0.1) is 19.2 Å². The summed E-state index contributed by atoms with van der Waals surface area (Å²) in [7, 11) is 3.30. The van der Waals surface area contributed by atoms with E-state index in [0.29, 0.717) is 5.69 Å². The number of carbonyl (C=O) groups is 1. The Balaban J connectivity index is 1.41. The Morgan fingerprint density at radius 1 is 1.06 bits per heavy atom. The van der Waals surface area contributed by atoms with Crippen LogP contribution < -0.4 is 9.47 Å². The smallest absolute Gasteiger partial charge is 0.273 e. The zero-order chi connectivity index (χ0) is 22.3. The summed E-state index contributed by atoms with van der Waals surface area (Å²) < 4.78 is 10.8. The number of benzene rings is 2. The zero-order valence-electron chi connectivity index (χ0n) is 18.8. The van der Waals surface area contributed by atoms with Gasteiger partial charge in [-0.05, 0) is 55.4 Å². The van der Waals surface area contributed by atoms with Crippen LogP contribution in [0.4, 0.5) is 0 Å². The molecule has 1 atom stereocenters. The minimum Gasteiger partial charge on any atom is -0.493 e. The lowest BCUT2D eigenvalue weighted by Crippen LogP contribution is -2.44. The third-order valence-corrected chi connectivity index (χ3v) is 6.92. The van der Waals surface area contributed by atoms with Gasteiger partial charge in [-0.25, -0.2) is 4.98 Å². The Labute approximate surface area is 194 Å². The van der Waals surface area contributed by atoms with Crippen LogP contribution in [0.5, 0.6) is 11.5 Å². The number of methoxy groups -OCH3 is 2. The van der Waals surface area contributed by atoms with Gasteiger partial charge in [-0.15, -0.1) is 11.3 Å². The molecule has 1 amide bonds. The largest absolute Gasteiger partial charge is 0.493 e. The molecule has 0 bridgehead atoms. The standard InChI is InChI=1S/C26H30N2O3S/c1-30-23-14-12-20(16-24(23)31-2)11-13-21-10-6-7-15-28(21)26(29)22-18-32-25(27-22)17-19-8-4-3-5-9-19/h3-5,8-9,12,14,16,18,21H,6-7,10-11,13,15,17H2,1-2H3. The van der Waals surface area contributed by atoms with E-state index in [1.54, 1.807) is 25.6 Å². The van der Waals surface area contributed by atoms with Gasteiger partial charge in [0.25, 0.3) is 5.91 Å². The number of nitrogens with zero attached hydrogens (tertiary/aromatic N) is 2. The van der Waals surface area contributed by atoms with Crippen LogP contribution in [0.1, 0.15) is 52.3 Å². The van der Waals surface area contributed by atoms with Crippen molar-refractivity contribution in [1.82, 2.24) is 9.88 Å². The van der Waals surface area contributed by atoms with Gasteiger partial charge in [0.1, 0.15) is 5.69 Å². The zero-order valence-corrected chi connectivity index (χ0v) is 19.6. The molecular formula is C26H30N2O3S. The van der Waals surface area contributed by atoms with E-state index in [1.807, 2.05) is 40.6 Å². The number of aryl methyl sites for hydroxylation is 1. The molecule has 2 aromatic carbocycles. The van der Waals surface area contributed by atoms with E-state index < -0.39 is 0 Å². The number of amides is 1. The number of aromatic nitrogens is 1. The van der Waals surface area contributed by atoms with Gasteiger partial charge in [0.15, 0.2) is 11.5 Å². The third-order valence-electron chi connectivity index (χ3n) is 6.07. The third kappa shape index (κ3) is 5.30. The van der Waals surface area contributed by atoms with E-state index in [-0.39, 0.29) is 11.9 Å². The predicted molar refractivity (Wildman–Crippen MR) is 128 cm³/mol. The van der Waals surface area contributed by atoms with Crippen LogP contribution in [0.25, 0.3) is 0 Å². The molecule has 0 aliphatic carbocycles. The molecule has 1 fully saturated rings. The lowest BCUT2D eigenvalue weighted by Gasteiger charge is -2.35. The van der Waals surface area contributed by atoms with E-state index in [4.69, 9.17) is 9.47 Å². The topological polar surface area (TPSA) is 51.7 Å². The van der Waals surface area contributed by atoms with Crippen molar-refractivity contribution >= 4 is 17.2 Å². The van der Waals surface area contributed by atoms with Crippen molar-refractivity contribution in [2.75, 3.05) is 20.8 Å². The van der Waals surface area contributed by atoms with Crippen LogP contribution in [-0.4, -0.2) is 42.6 Å². The number of hydrogen-bond donors (Lipinski definition) is 0. The molecular weight excluding hydrogens is 420 g/mol. The van der Waals surface area contributed by atoms with Crippen LogP contribution in [-0.2, 0) is 12.8 Å². The highest BCUT2D eigenvalue weighted by Crippen LogP contribution is 2.29. The molecule has 3 aromatic rings.